The first-order valence-electron chi connectivity index (χ1n) is 4.88. The maximum Gasteiger partial charge on any atom is 0.284 e. The minimum Gasteiger partial charge on any atom is -0.459 e. The summed E-state index contributed by atoms with van der Waals surface area (Å²) in [6.07, 6.45) is 1.49. The molecular weight excluding hydrogens is 242 g/mol. The largest absolute Gasteiger partial charge is 0.459 e. The Balaban J connectivity index is 2.32. The van der Waals surface area contributed by atoms with Gasteiger partial charge in [0.1, 0.15) is 5.58 Å². The lowest BCUT2D eigenvalue weighted by Crippen LogP contribution is -2.06. The van der Waals surface area contributed by atoms with Crippen LogP contribution >= 0.6 is 11.6 Å². The van der Waals surface area contributed by atoms with Crippen LogP contribution in [0.4, 0.5) is 0 Å². The number of halogens is 1. The van der Waals surface area contributed by atoms with E-state index in [1.807, 2.05) is 0 Å². The number of benzene rings is 1. The van der Waals surface area contributed by atoms with E-state index in [0.29, 0.717) is 21.8 Å². The van der Waals surface area contributed by atoms with Gasteiger partial charge in [-0.15, -0.1) is 0 Å². The first-order chi connectivity index (χ1) is 8.24. The first-order valence-corrected chi connectivity index (χ1v) is 5.26. The van der Waals surface area contributed by atoms with Crippen LogP contribution in [0.25, 0.3) is 22.6 Å². The fourth-order valence-corrected chi connectivity index (χ4v) is 1.72. The maximum atomic E-state index is 11.8. The van der Waals surface area contributed by atoms with Crippen molar-refractivity contribution < 1.29 is 8.83 Å². The third kappa shape index (κ3) is 1.72. The van der Waals surface area contributed by atoms with Crippen molar-refractivity contribution in [3.63, 3.8) is 0 Å². The molecule has 0 aliphatic carbocycles. The molecule has 3 rings (SSSR count). The van der Waals surface area contributed by atoms with Crippen LogP contribution in [0.2, 0.25) is 5.02 Å². The number of nitrogens with zero attached hydrogens (tertiary/aromatic N) is 1. The molecule has 17 heavy (non-hydrogen) atoms. The fraction of sp³-hybridized carbons (Fsp3) is 0. The first kappa shape index (κ1) is 10.1. The number of aromatic nitrogens is 1. The van der Waals surface area contributed by atoms with E-state index >= 15 is 0 Å². The Bertz CT molecular complexity index is 731. The molecule has 2 aromatic heterocycles. The van der Waals surface area contributed by atoms with Gasteiger partial charge in [-0.1, -0.05) is 11.6 Å². The van der Waals surface area contributed by atoms with Crippen molar-refractivity contribution >= 4 is 22.6 Å². The van der Waals surface area contributed by atoms with Crippen LogP contribution in [0.3, 0.4) is 0 Å². The Morgan fingerprint density at radius 1 is 1.24 bits per heavy atom. The van der Waals surface area contributed by atoms with Crippen LogP contribution in [-0.2, 0) is 0 Å². The van der Waals surface area contributed by atoms with E-state index in [1.54, 1.807) is 24.3 Å². The Hall–Kier alpha value is -2.07. The smallest absolute Gasteiger partial charge is 0.284 e. The lowest BCUT2D eigenvalue weighted by molar-refractivity contribution is 0.523. The van der Waals surface area contributed by atoms with Crippen molar-refractivity contribution in [3.05, 3.63) is 52.0 Å². The van der Waals surface area contributed by atoms with E-state index < -0.39 is 0 Å². The van der Waals surface area contributed by atoms with Gasteiger partial charge in [-0.2, -0.15) is 4.98 Å². The van der Waals surface area contributed by atoms with E-state index in [2.05, 4.69) is 4.98 Å². The molecule has 84 valence electrons. The number of hydrogen-bond acceptors (Lipinski definition) is 4. The third-order valence-electron chi connectivity index (χ3n) is 2.31. The van der Waals surface area contributed by atoms with E-state index in [0.717, 1.165) is 0 Å². The molecular formula is C12H6ClNO3. The fourth-order valence-electron chi connectivity index (χ4n) is 1.54. The van der Waals surface area contributed by atoms with Gasteiger partial charge in [0.2, 0.25) is 0 Å². The monoisotopic (exact) mass is 247 g/mol. The van der Waals surface area contributed by atoms with Crippen LogP contribution < -0.4 is 5.56 Å². The molecule has 0 radical (unpaired) electrons. The third-order valence-corrected chi connectivity index (χ3v) is 2.55. The Morgan fingerprint density at radius 3 is 2.88 bits per heavy atom. The Kier molecular flexibility index (Phi) is 2.23. The molecule has 3 aromatic rings. The van der Waals surface area contributed by atoms with Crippen LogP contribution in [0.5, 0.6) is 0 Å². The zero-order valence-electron chi connectivity index (χ0n) is 8.51. The highest BCUT2D eigenvalue weighted by Crippen LogP contribution is 2.22. The molecule has 0 unspecified atom stereocenters. The zero-order chi connectivity index (χ0) is 11.8. The minimum absolute atomic E-state index is 0.162. The molecule has 0 bridgehead atoms. The molecule has 2 heterocycles. The number of fused-ring (bicyclic) bond motifs is 1. The van der Waals surface area contributed by atoms with Crippen molar-refractivity contribution in [2.75, 3.05) is 0 Å². The van der Waals surface area contributed by atoms with Gasteiger partial charge in [0.15, 0.2) is 5.76 Å². The second-order valence-corrected chi connectivity index (χ2v) is 3.88. The average molecular weight is 248 g/mol. The normalized spacial score (nSPS) is 10.9. The van der Waals surface area contributed by atoms with Gasteiger partial charge in [-0.05, 0) is 30.3 Å². The van der Waals surface area contributed by atoms with Gasteiger partial charge >= 0.3 is 0 Å². The maximum absolute atomic E-state index is 11.8. The second-order valence-electron chi connectivity index (χ2n) is 3.44. The summed E-state index contributed by atoms with van der Waals surface area (Å²) in [7, 11) is 0. The van der Waals surface area contributed by atoms with Gasteiger partial charge in [0.05, 0.1) is 11.6 Å². The minimum atomic E-state index is -0.389. The Morgan fingerprint density at radius 2 is 2.12 bits per heavy atom. The molecule has 0 aliphatic rings. The number of rotatable bonds is 1. The molecule has 0 fully saturated rings. The van der Waals surface area contributed by atoms with E-state index in [1.165, 1.54) is 12.3 Å². The topological polar surface area (TPSA) is 56.2 Å². The van der Waals surface area contributed by atoms with Crippen molar-refractivity contribution in [1.29, 1.82) is 0 Å². The summed E-state index contributed by atoms with van der Waals surface area (Å²) < 4.78 is 10.6. The van der Waals surface area contributed by atoms with Gasteiger partial charge in [-0.25, -0.2) is 0 Å². The molecule has 0 amide bonds. The van der Waals surface area contributed by atoms with Gasteiger partial charge in [0.25, 0.3) is 11.4 Å². The zero-order valence-corrected chi connectivity index (χ0v) is 9.27. The van der Waals surface area contributed by atoms with Gasteiger partial charge in [-0.3, -0.25) is 4.79 Å². The second kappa shape index (κ2) is 3.75. The Labute approximate surface area is 100 Å². The molecule has 0 atom stereocenters. The van der Waals surface area contributed by atoms with E-state index in [4.69, 9.17) is 20.4 Å². The van der Waals surface area contributed by atoms with Crippen LogP contribution in [0.15, 0.2) is 50.2 Å². The molecule has 4 nitrogen and oxygen atoms in total. The summed E-state index contributed by atoms with van der Waals surface area (Å²) in [5, 5.41) is 0.824. The molecule has 0 saturated carbocycles. The number of furan rings is 1. The quantitative estimate of drug-likeness (QED) is 0.663. The molecule has 0 N–H and O–H groups in total. The highest BCUT2D eigenvalue weighted by Gasteiger charge is 2.10. The predicted octanol–water partition coefficient (Wildman–Crippen LogP) is 3.10. The van der Waals surface area contributed by atoms with E-state index in [-0.39, 0.29) is 11.4 Å². The van der Waals surface area contributed by atoms with Crippen molar-refractivity contribution in [1.82, 2.24) is 4.98 Å². The van der Waals surface area contributed by atoms with Crippen molar-refractivity contribution in [2.45, 2.75) is 0 Å². The molecule has 0 aliphatic heterocycles. The summed E-state index contributed by atoms with van der Waals surface area (Å²) in [4.78, 5) is 15.6. The van der Waals surface area contributed by atoms with E-state index in [9.17, 15) is 4.79 Å². The van der Waals surface area contributed by atoms with Crippen LogP contribution in [-0.4, -0.2) is 4.98 Å². The molecule has 0 spiro atoms. The standard InChI is InChI=1S/C12H6ClNO3/c13-7-3-4-9-8(6-7)11(15)14-12(17-9)10-2-1-5-16-10/h1-6H. The molecule has 0 saturated heterocycles. The summed E-state index contributed by atoms with van der Waals surface area (Å²) in [6, 6.07) is 8.18. The highest BCUT2D eigenvalue weighted by molar-refractivity contribution is 6.31. The summed E-state index contributed by atoms with van der Waals surface area (Å²) in [5.41, 5.74) is 0.0425. The van der Waals surface area contributed by atoms with Crippen molar-refractivity contribution in [2.24, 2.45) is 0 Å². The van der Waals surface area contributed by atoms with Crippen LogP contribution in [0, 0.1) is 0 Å². The average Bonchev–Trinajstić information content (AvgIpc) is 2.83. The molecule has 1 aromatic carbocycles. The highest BCUT2D eigenvalue weighted by atomic mass is 35.5. The summed E-state index contributed by atoms with van der Waals surface area (Å²) >= 11 is 5.80. The van der Waals surface area contributed by atoms with Gasteiger partial charge in [0, 0.05) is 5.02 Å². The van der Waals surface area contributed by atoms with Crippen LogP contribution in [0.1, 0.15) is 0 Å². The summed E-state index contributed by atoms with van der Waals surface area (Å²) in [5.74, 6) is 0.578. The van der Waals surface area contributed by atoms with Gasteiger partial charge < -0.3 is 8.83 Å². The SMILES string of the molecule is O=c1nc(-c2ccco2)oc2ccc(Cl)cc12. The lowest BCUT2D eigenvalue weighted by Gasteiger charge is -1.99. The predicted molar refractivity (Wildman–Crippen MR) is 63.0 cm³/mol. The molecule has 5 heteroatoms. The van der Waals surface area contributed by atoms with Crippen molar-refractivity contribution in [3.8, 4) is 11.7 Å². The lowest BCUT2D eigenvalue weighted by atomic mass is 10.2. The number of hydrogen-bond donors (Lipinski definition) is 0. The summed E-state index contributed by atoms with van der Waals surface area (Å²) in [6.45, 7) is 0.